The topological polar surface area (TPSA) is 18.5 Å². The van der Waals surface area contributed by atoms with Gasteiger partial charge < -0.3 is 9.47 Å². The van der Waals surface area contributed by atoms with Gasteiger partial charge in [-0.1, -0.05) is 60.5 Å². The van der Waals surface area contributed by atoms with Crippen LogP contribution in [0.15, 0.2) is 34.8 Å². The smallest absolute Gasteiger partial charge is 0.188 e. The highest BCUT2D eigenvalue weighted by Gasteiger charge is 2.23. The Morgan fingerprint density at radius 2 is 1.61 bits per heavy atom. The first-order valence-electron chi connectivity index (χ1n) is 7.77. The predicted molar refractivity (Wildman–Crippen MR) is 100 cm³/mol. The molecule has 0 saturated heterocycles. The number of ether oxygens (including phenoxy) is 2. The van der Waals surface area contributed by atoms with Gasteiger partial charge in [-0.05, 0) is 42.5 Å². The van der Waals surface area contributed by atoms with E-state index in [0.29, 0.717) is 0 Å². The SMILES string of the molecule is COCOc1c(-c2cc(C)ccc2Br)cc(C)cc1C(C)(C)C. The van der Waals surface area contributed by atoms with Crippen LogP contribution >= 0.6 is 15.9 Å². The molecule has 0 fully saturated rings. The summed E-state index contributed by atoms with van der Waals surface area (Å²) < 4.78 is 12.2. The maximum absolute atomic E-state index is 6.01. The monoisotopic (exact) mass is 376 g/mol. The molecule has 124 valence electrons. The van der Waals surface area contributed by atoms with Crippen LogP contribution in [0.5, 0.6) is 5.75 Å². The maximum Gasteiger partial charge on any atom is 0.188 e. The van der Waals surface area contributed by atoms with E-state index in [-0.39, 0.29) is 12.2 Å². The summed E-state index contributed by atoms with van der Waals surface area (Å²) in [5.41, 5.74) is 5.87. The molecule has 0 spiro atoms. The van der Waals surface area contributed by atoms with Gasteiger partial charge in [-0.2, -0.15) is 0 Å². The average molecular weight is 377 g/mol. The van der Waals surface area contributed by atoms with Crippen molar-refractivity contribution in [1.82, 2.24) is 0 Å². The molecule has 0 bridgehead atoms. The lowest BCUT2D eigenvalue weighted by Crippen LogP contribution is -2.15. The van der Waals surface area contributed by atoms with Gasteiger partial charge in [0.15, 0.2) is 6.79 Å². The van der Waals surface area contributed by atoms with Crippen LogP contribution in [0.4, 0.5) is 0 Å². The van der Waals surface area contributed by atoms with Crippen LogP contribution in [-0.4, -0.2) is 13.9 Å². The summed E-state index contributed by atoms with van der Waals surface area (Å²) in [4.78, 5) is 0. The van der Waals surface area contributed by atoms with Crippen molar-refractivity contribution in [1.29, 1.82) is 0 Å². The summed E-state index contributed by atoms with van der Waals surface area (Å²) in [6, 6.07) is 10.8. The molecule has 0 aliphatic carbocycles. The van der Waals surface area contributed by atoms with Crippen molar-refractivity contribution in [2.45, 2.75) is 40.0 Å². The van der Waals surface area contributed by atoms with Crippen LogP contribution in [0.2, 0.25) is 0 Å². The van der Waals surface area contributed by atoms with E-state index >= 15 is 0 Å². The van der Waals surface area contributed by atoms with Crippen molar-refractivity contribution >= 4 is 15.9 Å². The van der Waals surface area contributed by atoms with E-state index in [4.69, 9.17) is 9.47 Å². The van der Waals surface area contributed by atoms with Gasteiger partial charge in [0, 0.05) is 22.7 Å². The van der Waals surface area contributed by atoms with Crippen molar-refractivity contribution in [3.05, 3.63) is 51.5 Å². The molecule has 0 aliphatic heterocycles. The van der Waals surface area contributed by atoms with Gasteiger partial charge in [-0.3, -0.25) is 0 Å². The minimum atomic E-state index is -0.0137. The van der Waals surface area contributed by atoms with Crippen molar-refractivity contribution in [2.75, 3.05) is 13.9 Å². The van der Waals surface area contributed by atoms with Gasteiger partial charge in [0.25, 0.3) is 0 Å². The van der Waals surface area contributed by atoms with Gasteiger partial charge in [-0.25, -0.2) is 0 Å². The van der Waals surface area contributed by atoms with E-state index < -0.39 is 0 Å². The average Bonchev–Trinajstić information content (AvgIpc) is 2.46. The highest BCUT2D eigenvalue weighted by atomic mass is 79.9. The summed E-state index contributed by atoms with van der Waals surface area (Å²) in [7, 11) is 1.65. The van der Waals surface area contributed by atoms with E-state index in [2.05, 4.69) is 80.9 Å². The van der Waals surface area contributed by atoms with Crippen LogP contribution in [0, 0.1) is 13.8 Å². The van der Waals surface area contributed by atoms with Gasteiger partial charge in [-0.15, -0.1) is 0 Å². The van der Waals surface area contributed by atoms with E-state index in [1.54, 1.807) is 7.11 Å². The van der Waals surface area contributed by atoms with E-state index in [9.17, 15) is 0 Å². The van der Waals surface area contributed by atoms with Gasteiger partial charge in [0.1, 0.15) is 5.75 Å². The van der Waals surface area contributed by atoms with Crippen molar-refractivity contribution in [3.8, 4) is 16.9 Å². The van der Waals surface area contributed by atoms with Gasteiger partial charge in [0.05, 0.1) is 0 Å². The number of benzene rings is 2. The standard InChI is InChI=1S/C20H25BrO2/c1-13-7-8-18(21)15(9-13)16-10-14(2)11-17(20(3,4)5)19(16)23-12-22-6/h7-11H,12H2,1-6H3. The fourth-order valence-electron chi connectivity index (χ4n) is 2.65. The molecular weight excluding hydrogens is 352 g/mol. The molecule has 2 nitrogen and oxygen atoms in total. The normalized spacial score (nSPS) is 11.6. The molecule has 0 saturated carbocycles. The number of hydrogen-bond acceptors (Lipinski definition) is 2. The Bertz CT molecular complexity index is 700. The van der Waals surface area contributed by atoms with E-state index in [0.717, 1.165) is 21.3 Å². The largest absolute Gasteiger partial charge is 0.467 e. The molecule has 0 heterocycles. The second-order valence-corrected chi connectivity index (χ2v) is 7.83. The van der Waals surface area contributed by atoms with Crippen molar-refractivity contribution in [3.63, 3.8) is 0 Å². The van der Waals surface area contributed by atoms with Gasteiger partial charge in [0.2, 0.25) is 0 Å². The zero-order valence-electron chi connectivity index (χ0n) is 14.8. The van der Waals surface area contributed by atoms with Crippen LogP contribution < -0.4 is 4.74 Å². The molecule has 0 aliphatic rings. The summed E-state index contributed by atoms with van der Waals surface area (Å²) >= 11 is 3.68. The molecule has 0 radical (unpaired) electrons. The Balaban J connectivity index is 2.75. The minimum Gasteiger partial charge on any atom is -0.467 e. The molecule has 0 N–H and O–H groups in total. The van der Waals surface area contributed by atoms with Crippen LogP contribution in [0.3, 0.4) is 0 Å². The summed E-state index contributed by atoms with van der Waals surface area (Å²) in [5, 5.41) is 0. The van der Waals surface area contributed by atoms with E-state index in [1.165, 1.54) is 16.7 Å². The Labute approximate surface area is 148 Å². The molecule has 2 rings (SSSR count). The lowest BCUT2D eigenvalue weighted by atomic mass is 9.83. The minimum absolute atomic E-state index is 0.0137. The molecule has 0 aromatic heterocycles. The molecule has 23 heavy (non-hydrogen) atoms. The predicted octanol–water partition coefficient (Wildman–Crippen LogP) is 6.01. The quantitative estimate of drug-likeness (QED) is 0.607. The second-order valence-electron chi connectivity index (χ2n) is 6.97. The Morgan fingerprint density at radius 3 is 2.22 bits per heavy atom. The Morgan fingerprint density at radius 1 is 0.957 bits per heavy atom. The number of halogens is 1. The number of rotatable bonds is 4. The van der Waals surface area contributed by atoms with Crippen molar-refractivity contribution in [2.24, 2.45) is 0 Å². The molecular formula is C20H25BrO2. The van der Waals surface area contributed by atoms with Crippen LogP contribution in [0.25, 0.3) is 11.1 Å². The number of methoxy groups -OCH3 is 1. The maximum atomic E-state index is 6.01. The Hall–Kier alpha value is -1.32. The summed E-state index contributed by atoms with van der Waals surface area (Å²) in [5.74, 6) is 0.899. The highest BCUT2D eigenvalue weighted by molar-refractivity contribution is 9.10. The van der Waals surface area contributed by atoms with E-state index in [1.807, 2.05) is 0 Å². The van der Waals surface area contributed by atoms with Crippen molar-refractivity contribution < 1.29 is 9.47 Å². The number of hydrogen-bond donors (Lipinski definition) is 0. The fourth-order valence-corrected chi connectivity index (χ4v) is 3.11. The zero-order valence-corrected chi connectivity index (χ0v) is 16.4. The van der Waals surface area contributed by atoms with Crippen LogP contribution in [-0.2, 0) is 10.2 Å². The number of aryl methyl sites for hydroxylation is 2. The second kappa shape index (κ2) is 7.06. The molecule has 2 aromatic carbocycles. The first-order valence-corrected chi connectivity index (χ1v) is 8.56. The lowest BCUT2D eigenvalue weighted by Gasteiger charge is -2.26. The molecule has 0 atom stereocenters. The van der Waals surface area contributed by atoms with Crippen LogP contribution in [0.1, 0.15) is 37.5 Å². The molecule has 0 amide bonds. The third kappa shape index (κ3) is 4.15. The third-order valence-electron chi connectivity index (χ3n) is 3.77. The zero-order chi connectivity index (χ0) is 17.2. The third-order valence-corrected chi connectivity index (χ3v) is 4.47. The molecule has 2 aromatic rings. The highest BCUT2D eigenvalue weighted by Crippen LogP contribution is 2.42. The Kier molecular flexibility index (Phi) is 5.53. The first-order chi connectivity index (χ1) is 10.7. The molecule has 3 heteroatoms. The lowest BCUT2D eigenvalue weighted by molar-refractivity contribution is 0.0502. The fraction of sp³-hybridized carbons (Fsp3) is 0.400. The first kappa shape index (κ1) is 18.0. The summed E-state index contributed by atoms with van der Waals surface area (Å²) in [6.45, 7) is 11.1. The molecule has 0 unspecified atom stereocenters. The summed E-state index contributed by atoms with van der Waals surface area (Å²) in [6.07, 6.45) is 0. The van der Waals surface area contributed by atoms with Gasteiger partial charge >= 0.3 is 0 Å².